The number of hydrogen-bond donors (Lipinski definition) is 2. The van der Waals surface area contributed by atoms with Crippen LogP contribution in [0.15, 0.2) is 0 Å². The number of rotatable bonds is 5. The third-order valence-corrected chi connectivity index (χ3v) is 3.49. The third kappa shape index (κ3) is 5.24. The van der Waals surface area contributed by atoms with Gasteiger partial charge in [0.05, 0.1) is 5.92 Å². The van der Waals surface area contributed by atoms with Crippen molar-refractivity contribution in [2.24, 2.45) is 11.8 Å². The minimum absolute atomic E-state index is 0.0684. The summed E-state index contributed by atoms with van der Waals surface area (Å²) in [5.74, 6) is -1.11. The second-order valence-corrected chi connectivity index (χ2v) is 5.85. The van der Waals surface area contributed by atoms with Crippen molar-refractivity contribution in [3.05, 3.63) is 0 Å². The van der Waals surface area contributed by atoms with Gasteiger partial charge in [-0.1, -0.05) is 13.8 Å². The number of nitrogens with one attached hydrogen (secondary N) is 1. The quantitative estimate of drug-likeness (QED) is 0.778. The highest BCUT2D eigenvalue weighted by molar-refractivity contribution is 5.82. The SMILES string of the molecule is CNC(=O)C1CCCN(C(=O)N(CC(=O)O)CC(C)C)C1. The molecule has 0 radical (unpaired) electrons. The van der Waals surface area contributed by atoms with Gasteiger partial charge in [0.15, 0.2) is 0 Å². The zero-order valence-electron chi connectivity index (χ0n) is 13.0. The lowest BCUT2D eigenvalue weighted by Crippen LogP contribution is -2.51. The lowest BCUT2D eigenvalue weighted by atomic mass is 9.97. The van der Waals surface area contributed by atoms with Gasteiger partial charge in [-0.3, -0.25) is 9.59 Å². The highest BCUT2D eigenvalue weighted by Gasteiger charge is 2.31. The van der Waals surface area contributed by atoms with Crippen molar-refractivity contribution in [1.82, 2.24) is 15.1 Å². The second-order valence-electron chi connectivity index (χ2n) is 5.85. The molecule has 1 heterocycles. The molecule has 1 rings (SSSR count). The van der Waals surface area contributed by atoms with Crippen LogP contribution in [0.25, 0.3) is 0 Å². The summed E-state index contributed by atoms with van der Waals surface area (Å²) >= 11 is 0. The summed E-state index contributed by atoms with van der Waals surface area (Å²) < 4.78 is 0. The molecule has 1 atom stereocenters. The van der Waals surface area contributed by atoms with Crippen LogP contribution in [-0.4, -0.2) is 66.0 Å². The number of amides is 3. The minimum atomic E-state index is -1.02. The third-order valence-electron chi connectivity index (χ3n) is 3.49. The number of piperidine rings is 1. The standard InChI is InChI=1S/C14H25N3O4/c1-10(2)7-17(9-12(18)19)14(21)16-6-4-5-11(8-16)13(20)15-3/h10-11H,4-9H2,1-3H3,(H,15,20)(H,18,19). The molecule has 0 aromatic carbocycles. The van der Waals surface area contributed by atoms with Gasteiger partial charge in [-0.25, -0.2) is 4.79 Å². The lowest BCUT2D eigenvalue weighted by Gasteiger charge is -2.35. The van der Waals surface area contributed by atoms with E-state index in [1.165, 1.54) is 4.90 Å². The molecule has 3 amide bonds. The maximum atomic E-state index is 12.5. The van der Waals surface area contributed by atoms with Gasteiger partial charge in [0.1, 0.15) is 6.54 Å². The van der Waals surface area contributed by atoms with Crippen LogP contribution in [0, 0.1) is 11.8 Å². The van der Waals surface area contributed by atoms with E-state index >= 15 is 0 Å². The van der Waals surface area contributed by atoms with E-state index < -0.39 is 5.97 Å². The van der Waals surface area contributed by atoms with Crippen molar-refractivity contribution in [2.75, 3.05) is 33.2 Å². The fourth-order valence-corrected chi connectivity index (χ4v) is 2.58. The molecule has 1 saturated heterocycles. The van der Waals surface area contributed by atoms with Crippen molar-refractivity contribution in [3.63, 3.8) is 0 Å². The molecule has 0 aromatic heterocycles. The molecule has 1 fully saturated rings. The van der Waals surface area contributed by atoms with E-state index in [4.69, 9.17) is 5.11 Å². The van der Waals surface area contributed by atoms with Crippen molar-refractivity contribution in [3.8, 4) is 0 Å². The van der Waals surface area contributed by atoms with Crippen LogP contribution in [0.2, 0.25) is 0 Å². The maximum Gasteiger partial charge on any atom is 0.323 e. The van der Waals surface area contributed by atoms with Crippen molar-refractivity contribution < 1.29 is 19.5 Å². The molecule has 0 bridgehead atoms. The van der Waals surface area contributed by atoms with Crippen LogP contribution in [-0.2, 0) is 9.59 Å². The van der Waals surface area contributed by atoms with Crippen LogP contribution in [0.5, 0.6) is 0 Å². The molecule has 7 nitrogen and oxygen atoms in total. The number of carboxylic acid groups (broad SMARTS) is 1. The summed E-state index contributed by atoms with van der Waals surface area (Å²) in [4.78, 5) is 38.0. The molecule has 1 aliphatic rings. The zero-order chi connectivity index (χ0) is 16.0. The Morgan fingerprint density at radius 3 is 2.57 bits per heavy atom. The number of likely N-dealkylation sites (tertiary alicyclic amines) is 1. The Bertz CT molecular complexity index is 398. The number of carbonyl (C=O) groups is 3. The van der Waals surface area contributed by atoms with Crippen molar-refractivity contribution >= 4 is 17.9 Å². The van der Waals surface area contributed by atoms with Crippen LogP contribution in [0.1, 0.15) is 26.7 Å². The van der Waals surface area contributed by atoms with Crippen LogP contribution >= 0.6 is 0 Å². The van der Waals surface area contributed by atoms with Crippen LogP contribution < -0.4 is 5.32 Å². The summed E-state index contributed by atoms with van der Waals surface area (Å²) in [5.41, 5.74) is 0. The lowest BCUT2D eigenvalue weighted by molar-refractivity contribution is -0.138. The van der Waals surface area contributed by atoms with Crippen LogP contribution in [0.3, 0.4) is 0 Å². The van der Waals surface area contributed by atoms with E-state index in [1.54, 1.807) is 11.9 Å². The number of carboxylic acids is 1. The first-order valence-corrected chi connectivity index (χ1v) is 7.32. The van der Waals surface area contributed by atoms with E-state index in [0.717, 1.165) is 12.8 Å². The van der Waals surface area contributed by atoms with Gasteiger partial charge in [0.25, 0.3) is 0 Å². The molecule has 120 valence electrons. The van der Waals surface area contributed by atoms with Crippen molar-refractivity contribution in [2.45, 2.75) is 26.7 Å². The highest BCUT2D eigenvalue weighted by Crippen LogP contribution is 2.18. The summed E-state index contributed by atoms with van der Waals surface area (Å²) in [6, 6.07) is -0.292. The predicted molar refractivity (Wildman–Crippen MR) is 77.8 cm³/mol. The van der Waals surface area contributed by atoms with Gasteiger partial charge in [-0.15, -0.1) is 0 Å². The molecule has 2 N–H and O–H groups in total. The Balaban J connectivity index is 2.72. The summed E-state index contributed by atoms with van der Waals surface area (Å²) in [6.45, 7) is 4.88. The van der Waals surface area contributed by atoms with Crippen LogP contribution in [0.4, 0.5) is 4.79 Å². The van der Waals surface area contributed by atoms with E-state index in [9.17, 15) is 14.4 Å². The van der Waals surface area contributed by atoms with E-state index in [-0.39, 0.29) is 30.3 Å². The summed E-state index contributed by atoms with van der Waals surface area (Å²) in [6.07, 6.45) is 1.51. The first-order chi connectivity index (χ1) is 9.85. The second kappa shape index (κ2) is 7.85. The average Bonchev–Trinajstić information content (AvgIpc) is 2.44. The molecule has 0 saturated carbocycles. The Morgan fingerprint density at radius 1 is 1.38 bits per heavy atom. The Morgan fingerprint density at radius 2 is 2.05 bits per heavy atom. The summed E-state index contributed by atoms with van der Waals surface area (Å²) in [5, 5.41) is 11.5. The fourth-order valence-electron chi connectivity index (χ4n) is 2.58. The van der Waals surface area contributed by atoms with Gasteiger partial charge in [-0.2, -0.15) is 0 Å². The maximum absolute atomic E-state index is 12.5. The number of urea groups is 1. The first kappa shape index (κ1) is 17.3. The first-order valence-electron chi connectivity index (χ1n) is 7.32. The van der Waals surface area contributed by atoms with Gasteiger partial charge in [0, 0.05) is 26.7 Å². The van der Waals surface area contributed by atoms with E-state index in [0.29, 0.717) is 19.6 Å². The molecule has 1 unspecified atom stereocenters. The van der Waals surface area contributed by atoms with E-state index in [2.05, 4.69) is 5.32 Å². The largest absolute Gasteiger partial charge is 0.480 e. The number of aliphatic carboxylic acids is 1. The predicted octanol–water partition coefficient (Wildman–Crippen LogP) is 0.607. The van der Waals surface area contributed by atoms with Gasteiger partial charge in [-0.05, 0) is 18.8 Å². The van der Waals surface area contributed by atoms with Crippen molar-refractivity contribution in [1.29, 1.82) is 0 Å². The summed E-state index contributed by atoms with van der Waals surface area (Å²) in [7, 11) is 1.58. The number of nitrogens with zero attached hydrogens (tertiary/aromatic N) is 2. The number of carbonyl (C=O) groups excluding carboxylic acids is 2. The molecule has 21 heavy (non-hydrogen) atoms. The topological polar surface area (TPSA) is 90.0 Å². The van der Waals surface area contributed by atoms with Gasteiger partial charge >= 0.3 is 12.0 Å². The Kier molecular flexibility index (Phi) is 6.45. The molecular formula is C14H25N3O4. The number of hydrogen-bond acceptors (Lipinski definition) is 3. The molecule has 0 aliphatic carbocycles. The molecule has 7 heteroatoms. The monoisotopic (exact) mass is 299 g/mol. The normalized spacial score (nSPS) is 18.5. The molecule has 0 aromatic rings. The zero-order valence-corrected chi connectivity index (χ0v) is 13.0. The molecule has 0 spiro atoms. The molecular weight excluding hydrogens is 274 g/mol. The van der Waals surface area contributed by atoms with E-state index in [1.807, 2.05) is 13.8 Å². The van der Waals surface area contributed by atoms with Gasteiger partial charge < -0.3 is 20.2 Å². The highest BCUT2D eigenvalue weighted by atomic mass is 16.4. The average molecular weight is 299 g/mol. The minimum Gasteiger partial charge on any atom is -0.480 e. The Hall–Kier alpha value is -1.79. The Labute approximate surface area is 125 Å². The smallest absolute Gasteiger partial charge is 0.323 e. The molecule has 1 aliphatic heterocycles. The van der Waals surface area contributed by atoms with Gasteiger partial charge in [0.2, 0.25) is 5.91 Å². The fraction of sp³-hybridized carbons (Fsp3) is 0.786.